The van der Waals surface area contributed by atoms with Gasteiger partial charge in [0.05, 0.1) is 10.7 Å². The maximum Gasteiger partial charge on any atom is 0.264 e. The van der Waals surface area contributed by atoms with Crippen molar-refractivity contribution in [1.29, 1.82) is 0 Å². The number of ether oxygens (including phenoxy) is 1. The number of thiocarbonyl (C=S) groups is 1. The van der Waals surface area contributed by atoms with Crippen LogP contribution in [0.1, 0.15) is 21.5 Å². The number of nitrogens with zero attached hydrogens (tertiary/aromatic N) is 2. The highest BCUT2D eigenvalue weighted by Gasteiger charge is 2.21. The van der Waals surface area contributed by atoms with Crippen molar-refractivity contribution in [3.8, 4) is 5.75 Å². The van der Waals surface area contributed by atoms with Crippen molar-refractivity contribution in [3.05, 3.63) is 58.1 Å². The normalized spacial score (nSPS) is 14.1. The number of amides is 2. The van der Waals surface area contributed by atoms with Gasteiger partial charge in [-0.2, -0.15) is 0 Å². The molecule has 0 radical (unpaired) electrons. The lowest BCUT2D eigenvalue weighted by Crippen LogP contribution is -2.47. The first-order chi connectivity index (χ1) is 15.2. The third-order valence-electron chi connectivity index (χ3n) is 5.42. The van der Waals surface area contributed by atoms with Gasteiger partial charge in [-0.3, -0.25) is 14.9 Å². The Morgan fingerprint density at radius 2 is 1.84 bits per heavy atom. The van der Waals surface area contributed by atoms with E-state index in [1.807, 2.05) is 44.0 Å². The number of carbonyl (C=O) groups is 2. The quantitative estimate of drug-likeness (QED) is 0.648. The molecule has 2 aromatic rings. The van der Waals surface area contributed by atoms with Gasteiger partial charge in [0.15, 0.2) is 11.7 Å². The van der Waals surface area contributed by atoms with E-state index in [0.717, 1.165) is 24.2 Å². The molecule has 3 rings (SSSR count). The second-order valence-corrected chi connectivity index (χ2v) is 8.59. The zero-order valence-electron chi connectivity index (χ0n) is 18.4. The summed E-state index contributed by atoms with van der Waals surface area (Å²) >= 11 is 11.5. The molecule has 0 spiro atoms. The number of carbonyl (C=O) groups excluding carboxylic acids is 2. The molecule has 0 aromatic heterocycles. The molecule has 0 bridgehead atoms. The molecule has 9 heteroatoms. The van der Waals surface area contributed by atoms with Gasteiger partial charge in [-0.1, -0.05) is 23.7 Å². The predicted molar refractivity (Wildman–Crippen MR) is 131 cm³/mol. The van der Waals surface area contributed by atoms with E-state index in [9.17, 15) is 9.59 Å². The number of halogens is 1. The van der Waals surface area contributed by atoms with Gasteiger partial charge in [0, 0.05) is 31.7 Å². The lowest BCUT2D eigenvalue weighted by molar-refractivity contribution is -0.121. The Hall–Kier alpha value is -2.68. The minimum Gasteiger partial charge on any atom is -0.483 e. The Kier molecular flexibility index (Phi) is 8.06. The Bertz CT molecular complexity index is 1020. The number of nitrogens with one attached hydrogen (secondary N) is 2. The summed E-state index contributed by atoms with van der Waals surface area (Å²) in [6, 6.07) is 10.6. The van der Waals surface area contributed by atoms with Gasteiger partial charge < -0.3 is 19.9 Å². The topological polar surface area (TPSA) is 73.9 Å². The van der Waals surface area contributed by atoms with E-state index in [4.69, 9.17) is 28.6 Å². The van der Waals surface area contributed by atoms with Gasteiger partial charge in [0.1, 0.15) is 5.75 Å². The van der Waals surface area contributed by atoms with E-state index in [1.54, 1.807) is 18.2 Å². The van der Waals surface area contributed by atoms with Crippen LogP contribution in [0, 0.1) is 13.8 Å². The molecule has 1 saturated heterocycles. The van der Waals surface area contributed by atoms with Crippen LogP contribution < -0.4 is 15.4 Å². The monoisotopic (exact) mass is 474 g/mol. The van der Waals surface area contributed by atoms with Crippen molar-refractivity contribution in [1.82, 2.24) is 15.1 Å². The van der Waals surface area contributed by atoms with Crippen LogP contribution >= 0.6 is 23.8 Å². The Morgan fingerprint density at radius 3 is 2.56 bits per heavy atom. The number of hydrogen-bond acceptors (Lipinski definition) is 5. The molecule has 0 saturated carbocycles. The van der Waals surface area contributed by atoms with E-state index < -0.39 is 5.91 Å². The Morgan fingerprint density at radius 1 is 1.12 bits per heavy atom. The molecule has 7 nitrogen and oxygen atoms in total. The molecule has 32 heavy (non-hydrogen) atoms. The highest BCUT2D eigenvalue weighted by Crippen LogP contribution is 2.24. The summed E-state index contributed by atoms with van der Waals surface area (Å²) < 4.78 is 5.60. The van der Waals surface area contributed by atoms with E-state index in [0.29, 0.717) is 35.1 Å². The van der Waals surface area contributed by atoms with Crippen molar-refractivity contribution >= 4 is 46.4 Å². The summed E-state index contributed by atoms with van der Waals surface area (Å²) in [5, 5.41) is 5.94. The lowest BCUT2D eigenvalue weighted by Gasteiger charge is -2.32. The van der Waals surface area contributed by atoms with Gasteiger partial charge in [-0.05, 0) is 68.5 Å². The summed E-state index contributed by atoms with van der Waals surface area (Å²) in [6.07, 6.45) is 0. The fourth-order valence-corrected chi connectivity index (χ4v) is 3.67. The van der Waals surface area contributed by atoms with E-state index in [2.05, 4.69) is 15.5 Å². The molecular weight excluding hydrogens is 448 g/mol. The first-order valence-electron chi connectivity index (χ1n) is 10.3. The number of hydrogen-bond donors (Lipinski definition) is 2. The first kappa shape index (κ1) is 24.0. The third kappa shape index (κ3) is 6.18. The Balaban J connectivity index is 1.57. The number of anilines is 1. The standard InChI is InChI=1S/C23H27ClN4O3S/c1-15-5-4-6-20(16(15)2)31-14-21(29)26-23(32)25-19-13-17(7-8-18(19)24)22(30)28-11-9-27(3)10-12-28/h4-8,13H,9-12,14H2,1-3H3,(H2,25,26,29,32). The SMILES string of the molecule is Cc1cccc(OCC(=O)NC(=S)Nc2cc(C(=O)N3CCN(C)CC3)ccc2Cl)c1C. The fraction of sp³-hybridized carbons (Fsp3) is 0.348. The molecule has 1 fully saturated rings. The molecule has 1 heterocycles. The maximum atomic E-state index is 12.8. The van der Waals surface area contributed by atoms with E-state index in [-0.39, 0.29) is 17.6 Å². The second kappa shape index (κ2) is 10.8. The van der Waals surface area contributed by atoms with Crippen LogP contribution in [0.15, 0.2) is 36.4 Å². The van der Waals surface area contributed by atoms with Gasteiger partial charge in [-0.25, -0.2) is 0 Å². The summed E-state index contributed by atoms with van der Waals surface area (Å²) in [5.74, 6) is 0.191. The smallest absolute Gasteiger partial charge is 0.264 e. The van der Waals surface area contributed by atoms with Crippen molar-refractivity contribution in [2.75, 3.05) is 45.2 Å². The number of benzene rings is 2. The number of piperazine rings is 1. The Labute approximate surface area is 198 Å². The molecule has 2 aromatic carbocycles. The molecule has 0 aliphatic carbocycles. The molecular formula is C23H27ClN4O3S. The number of rotatable bonds is 5. The van der Waals surface area contributed by atoms with Crippen LogP contribution in [0.3, 0.4) is 0 Å². The van der Waals surface area contributed by atoms with Gasteiger partial charge in [0.25, 0.3) is 11.8 Å². The average Bonchev–Trinajstić information content (AvgIpc) is 2.76. The number of aryl methyl sites for hydroxylation is 1. The first-order valence-corrected chi connectivity index (χ1v) is 11.1. The van der Waals surface area contributed by atoms with E-state index >= 15 is 0 Å². The molecule has 0 unspecified atom stereocenters. The van der Waals surface area contributed by atoms with Crippen LogP contribution in [0.5, 0.6) is 5.75 Å². The van der Waals surface area contributed by atoms with Crippen LogP contribution in [-0.2, 0) is 4.79 Å². The van der Waals surface area contributed by atoms with Gasteiger partial charge >= 0.3 is 0 Å². The maximum absolute atomic E-state index is 12.8. The number of likely N-dealkylation sites (N-methyl/N-ethyl adjacent to an activating group) is 1. The minimum absolute atomic E-state index is 0.0605. The third-order valence-corrected chi connectivity index (χ3v) is 5.95. The molecule has 2 amide bonds. The summed E-state index contributed by atoms with van der Waals surface area (Å²) in [4.78, 5) is 29.1. The predicted octanol–water partition coefficient (Wildman–Crippen LogP) is 3.24. The molecule has 0 atom stereocenters. The van der Waals surface area contributed by atoms with Crippen molar-refractivity contribution in [3.63, 3.8) is 0 Å². The summed E-state index contributed by atoms with van der Waals surface area (Å²) in [6.45, 7) is 6.77. The van der Waals surface area contributed by atoms with Crippen molar-refractivity contribution in [2.24, 2.45) is 0 Å². The summed E-state index contributed by atoms with van der Waals surface area (Å²) in [5.41, 5.74) is 3.02. The molecule has 1 aliphatic rings. The van der Waals surface area contributed by atoms with Crippen LogP contribution in [0.25, 0.3) is 0 Å². The van der Waals surface area contributed by atoms with Crippen LogP contribution in [-0.4, -0.2) is 66.6 Å². The second-order valence-electron chi connectivity index (χ2n) is 7.78. The van der Waals surface area contributed by atoms with Crippen molar-refractivity contribution in [2.45, 2.75) is 13.8 Å². The van der Waals surface area contributed by atoms with E-state index in [1.165, 1.54) is 0 Å². The zero-order valence-corrected chi connectivity index (χ0v) is 20.0. The average molecular weight is 475 g/mol. The zero-order chi connectivity index (χ0) is 23.3. The summed E-state index contributed by atoms with van der Waals surface area (Å²) in [7, 11) is 2.04. The van der Waals surface area contributed by atoms with Crippen LogP contribution in [0.4, 0.5) is 5.69 Å². The minimum atomic E-state index is -0.399. The van der Waals surface area contributed by atoms with Crippen molar-refractivity contribution < 1.29 is 14.3 Å². The fourth-order valence-electron chi connectivity index (χ4n) is 3.29. The van der Waals surface area contributed by atoms with Gasteiger partial charge in [-0.15, -0.1) is 0 Å². The van der Waals surface area contributed by atoms with Crippen LogP contribution in [0.2, 0.25) is 5.02 Å². The highest BCUT2D eigenvalue weighted by atomic mass is 35.5. The largest absolute Gasteiger partial charge is 0.483 e. The molecule has 1 aliphatic heterocycles. The lowest BCUT2D eigenvalue weighted by atomic mass is 10.1. The van der Waals surface area contributed by atoms with Gasteiger partial charge in [0.2, 0.25) is 0 Å². The highest BCUT2D eigenvalue weighted by molar-refractivity contribution is 7.80. The molecule has 2 N–H and O–H groups in total. The molecule has 170 valence electrons.